The van der Waals surface area contributed by atoms with Gasteiger partial charge in [0.1, 0.15) is 0 Å². The van der Waals surface area contributed by atoms with Crippen LogP contribution >= 0.6 is 11.8 Å². The van der Waals surface area contributed by atoms with Crippen LogP contribution in [0.25, 0.3) is 0 Å². The number of hydrogen-bond acceptors (Lipinski definition) is 4. The summed E-state index contributed by atoms with van der Waals surface area (Å²) < 4.78 is 4.67. The van der Waals surface area contributed by atoms with Crippen LogP contribution in [0.5, 0.6) is 0 Å². The largest absolute Gasteiger partial charge is 0.465 e. The van der Waals surface area contributed by atoms with Gasteiger partial charge in [-0.25, -0.2) is 4.79 Å². The Kier molecular flexibility index (Phi) is 4.36. The van der Waals surface area contributed by atoms with E-state index in [1.807, 2.05) is 18.2 Å². The minimum absolute atomic E-state index is 0.357. The van der Waals surface area contributed by atoms with Gasteiger partial charge in [-0.1, -0.05) is 30.3 Å². The smallest absolute Gasteiger partial charge is 0.339 e. The Balaban J connectivity index is 2.04. The van der Waals surface area contributed by atoms with Crippen molar-refractivity contribution in [1.29, 1.82) is 0 Å². The first-order valence-corrected chi connectivity index (χ1v) is 6.48. The second-order valence-corrected chi connectivity index (χ2v) is 4.72. The molecule has 1 aromatic heterocycles. The first kappa shape index (κ1) is 12.6. The summed E-state index contributed by atoms with van der Waals surface area (Å²) >= 11 is 1.65. The quantitative estimate of drug-likeness (QED) is 0.624. The van der Waals surface area contributed by atoms with Crippen LogP contribution in [0.1, 0.15) is 15.9 Å². The van der Waals surface area contributed by atoms with Gasteiger partial charge >= 0.3 is 5.97 Å². The lowest BCUT2D eigenvalue weighted by Crippen LogP contribution is -2.01. The van der Waals surface area contributed by atoms with E-state index in [1.165, 1.54) is 18.9 Å². The van der Waals surface area contributed by atoms with Gasteiger partial charge in [0.05, 0.1) is 12.7 Å². The average Bonchev–Trinajstić information content (AvgIpc) is 2.45. The molecule has 2 rings (SSSR count). The van der Waals surface area contributed by atoms with E-state index < -0.39 is 0 Å². The lowest BCUT2D eigenvalue weighted by atomic mass is 10.2. The first-order chi connectivity index (χ1) is 8.79. The van der Waals surface area contributed by atoms with E-state index in [4.69, 9.17) is 0 Å². The zero-order valence-corrected chi connectivity index (χ0v) is 10.8. The second kappa shape index (κ2) is 6.21. The normalized spacial score (nSPS) is 10.1. The summed E-state index contributed by atoms with van der Waals surface area (Å²) in [4.78, 5) is 16.4. The number of nitrogens with zero attached hydrogens (tertiary/aromatic N) is 1. The molecule has 0 aliphatic heterocycles. The van der Waals surface area contributed by atoms with Crippen molar-refractivity contribution >= 4 is 17.7 Å². The van der Waals surface area contributed by atoms with Crippen molar-refractivity contribution in [2.75, 3.05) is 7.11 Å². The molecule has 0 spiro atoms. The number of benzene rings is 1. The molecule has 0 bridgehead atoms. The predicted molar refractivity (Wildman–Crippen MR) is 71.6 cm³/mol. The topological polar surface area (TPSA) is 39.2 Å². The van der Waals surface area contributed by atoms with Crippen LogP contribution in [-0.2, 0) is 10.5 Å². The van der Waals surface area contributed by atoms with E-state index in [0.717, 1.165) is 10.6 Å². The van der Waals surface area contributed by atoms with Crippen LogP contribution in [0.3, 0.4) is 0 Å². The molecule has 0 amide bonds. The molecule has 0 aliphatic carbocycles. The highest BCUT2D eigenvalue weighted by molar-refractivity contribution is 7.98. The lowest BCUT2D eigenvalue weighted by molar-refractivity contribution is 0.0600. The maximum absolute atomic E-state index is 11.4. The van der Waals surface area contributed by atoms with Crippen LogP contribution in [-0.4, -0.2) is 18.1 Å². The van der Waals surface area contributed by atoms with Gasteiger partial charge in [-0.3, -0.25) is 4.98 Å². The molecule has 2 aromatic rings. The van der Waals surface area contributed by atoms with Gasteiger partial charge in [-0.2, -0.15) is 0 Å². The van der Waals surface area contributed by atoms with E-state index in [9.17, 15) is 4.79 Å². The molecule has 3 nitrogen and oxygen atoms in total. The molecule has 92 valence electrons. The van der Waals surface area contributed by atoms with Crippen molar-refractivity contribution in [3.63, 3.8) is 0 Å². The highest BCUT2D eigenvalue weighted by Gasteiger charge is 2.06. The fraction of sp³-hybridized carbons (Fsp3) is 0.143. The molecule has 1 heterocycles. The third kappa shape index (κ3) is 3.34. The lowest BCUT2D eigenvalue weighted by Gasteiger charge is -2.03. The molecule has 18 heavy (non-hydrogen) atoms. The van der Waals surface area contributed by atoms with Gasteiger partial charge < -0.3 is 4.74 Å². The molecule has 0 atom stereocenters. The van der Waals surface area contributed by atoms with Crippen molar-refractivity contribution in [3.05, 3.63) is 59.9 Å². The van der Waals surface area contributed by atoms with Crippen LogP contribution in [0, 0.1) is 0 Å². The van der Waals surface area contributed by atoms with Crippen LogP contribution in [0.15, 0.2) is 53.7 Å². The zero-order chi connectivity index (χ0) is 12.8. The number of hydrogen-bond donors (Lipinski definition) is 0. The summed E-state index contributed by atoms with van der Waals surface area (Å²) in [6, 6.07) is 12.0. The highest BCUT2D eigenvalue weighted by Crippen LogP contribution is 2.22. The Morgan fingerprint density at radius 2 is 2.06 bits per heavy atom. The van der Waals surface area contributed by atoms with Gasteiger partial charge in [-0.05, 0) is 11.6 Å². The predicted octanol–water partition coefficient (Wildman–Crippen LogP) is 3.16. The molecule has 0 saturated heterocycles. The minimum Gasteiger partial charge on any atom is -0.465 e. The first-order valence-electron chi connectivity index (χ1n) is 5.49. The molecular weight excluding hydrogens is 246 g/mol. The Morgan fingerprint density at radius 1 is 1.28 bits per heavy atom. The number of ether oxygens (including phenoxy) is 1. The standard InChI is InChI=1S/C14H13NO2S/c1-17-14(16)12-7-13(9-15-8-12)18-10-11-5-3-2-4-6-11/h2-9H,10H2,1H3. The Labute approximate surface area is 110 Å². The van der Waals surface area contributed by atoms with Gasteiger partial charge in [0, 0.05) is 23.0 Å². The minimum atomic E-state index is -0.357. The Hall–Kier alpha value is -1.81. The second-order valence-electron chi connectivity index (χ2n) is 3.68. The van der Waals surface area contributed by atoms with Crippen molar-refractivity contribution in [3.8, 4) is 0 Å². The third-order valence-corrected chi connectivity index (χ3v) is 3.42. The summed E-state index contributed by atoms with van der Waals surface area (Å²) in [5, 5.41) is 0. The molecular formula is C14H13NO2S. The van der Waals surface area contributed by atoms with Gasteiger partial charge in [0.2, 0.25) is 0 Å². The molecule has 0 radical (unpaired) electrons. The number of rotatable bonds is 4. The third-order valence-electron chi connectivity index (χ3n) is 2.38. The Morgan fingerprint density at radius 3 is 2.78 bits per heavy atom. The molecule has 0 fully saturated rings. The van der Waals surface area contributed by atoms with Crippen LogP contribution in [0.4, 0.5) is 0 Å². The zero-order valence-electron chi connectivity index (χ0n) is 10.00. The Bertz CT molecular complexity index is 528. The maximum Gasteiger partial charge on any atom is 0.339 e. The number of methoxy groups -OCH3 is 1. The SMILES string of the molecule is COC(=O)c1cncc(SCc2ccccc2)c1. The number of aromatic nitrogens is 1. The summed E-state index contributed by atoms with van der Waals surface area (Å²) in [6.07, 6.45) is 3.26. The summed E-state index contributed by atoms with van der Waals surface area (Å²) in [6.45, 7) is 0. The van der Waals surface area contributed by atoms with Gasteiger partial charge in [0.25, 0.3) is 0 Å². The van der Waals surface area contributed by atoms with Crippen molar-refractivity contribution in [2.45, 2.75) is 10.6 Å². The monoisotopic (exact) mass is 259 g/mol. The fourth-order valence-corrected chi connectivity index (χ4v) is 2.34. The van der Waals surface area contributed by atoms with E-state index in [-0.39, 0.29) is 5.97 Å². The van der Waals surface area contributed by atoms with Gasteiger partial charge in [-0.15, -0.1) is 11.8 Å². The van der Waals surface area contributed by atoms with Crippen molar-refractivity contribution in [2.24, 2.45) is 0 Å². The molecule has 0 aliphatic rings. The number of carbonyl (C=O) groups is 1. The number of carbonyl (C=O) groups excluding carboxylic acids is 1. The van der Waals surface area contributed by atoms with Crippen molar-refractivity contribution in [1.82, 2.24) is 4.98 Å². The summed E-state index contributed by atoms with van der Waals surface area (Å²) in [5.74, 6) is 0.498. The van der Waals surface area contributed by atoms with Crippen LogP contribution < -0.4 is 0 Å². The number of esters is 1. The van der Waals surface area contributed by atoms with Crippen molar-refractivity contribution < 1.29 is 9.53 Å². The van der Waals surface area contributed by atoms with E-state index in [1.54, 1.807) is 24.0 Å². The van der Waals surface area contributed by atoms with E-state index in [0.29, 0.717) is 5.56 Å². The van der Waals surface area contributed by atoms with Gasteiger partial charge in [0.15, 0.2) is 0 Å². The molecule has 0 unspecified atom stereocenters. The number of pyridine rings is 1. The fourth-order valence-electron chi connectivity index (χ4n) is 1.47. The highest BCUT2D eigenvalue weighted by atomic mass is 32.2. The van der Waals surface area contributed by atoms with E-state index in [2.05, 4.69) is 21.9 Å². The summed E-state index contributed by atoms with van der Waals surface area (Å²) in [7, 11) is 1.37. The van der Waals surface area contributed by atoms with E-state index >= 15 is 0 Å². The molecule has 0 N–H and O–H groups in total. The molecule has 1 aromatic carbocycles. The number of thioether (sulfide) groups is 1. The molecule has 4 heteroatoms. The molecule has 0 saturated carbocycles. The van der Waals surface area contributed by atoms with Crippen LogP contribution in [0.2, 0.25) is 0 Å². The maximum atomic E-state index is 11.4. The summed E-state index contributed by atoms with van der Waals surface area (Å²) in [5.41, 5.74) is 1.72. The average molecular weight is 259 g/mol.